The monoisotopic (exact) mass is 863 g/mol. The minimum atomic E-state index is -4.61. The summed E-state index contributed by atoms with van der Waals surface area (Å²) in [7, 11) is 1.22. The van der Waals surface area contributed by atoms with E-state index in [1.165, 1.54) is 116 Å². The van der Waals surface area contributed by atoms with Crippen LogP contribution in [0.15, 0.2) is 60.8 Å². The van der Waals surface area contributed by atoms with Gasteiger partial charge in [-0.05, 0) is 70.6 Å². The summed E-state index contributed by atoms with van der Waals surface area (Å²) in [4.78, 5) is 25.3. The summed E-state index contributed by atoms with van der Waals surface area (Å²) in [6, 6.07) is -0.918. The minimum absolute atomic E-state index is 0.0140. The first kappa shape index (κ1) is 58.2. The van der Waals surface area contributed by atoms with Crippen molar-refractivity contribution in [3.63, 3.8) is 0 Å². The molecule has 350 valence electrons. The van der Waals surface area contributed by atoms with Gasteiger partial charge in [-0.15, -0.1) is 0 Å². The highest BCUT2D eigenvalue weighted by molar-refractivity contribution is 7.45. The Kier molecular flexibility index (Phi) is 41.2. The Morgan fingerprint density at radius 2 is 1.00 bits per heavy atom. The lowest BCUT2D eigenvalue weighted by Crippen LogP contribution is -2.45. The molecule has 0 aromatic carbocycles. The van der Waals surface area contributed by atoms with Crippen molar-refractivity contribution in [3.05, 3.63) is 60.8 Å². The van der Waals surface area contributed by atoms with Crippen molar-refractivity contribution in [3.8, 4) is 0 Å². The van der Waals surface area contributed by atoms with Gasteiger partial charge < -0.3 is 28.8 Å². The van der Waals surface area contributed by atoms with Gasteiger partial charge in [0, 0.05) is 6.42 Å². The maximum atomic E-state index is 12.9. The number of allylic oxidation sites excluding steroid dienone is 9. The summed E-state index contributed by atoms with van der Waals surface area (Å²) in [5.74, 6) is -0.228. The summed E-state index contributed by atoms with van der Waals surface area (Å²) >= 11 is 0. The number of aliphatic hydroxyl groups is 1. The van der Waals surface area contributed by atoms with Crippen LogP contribution in [0.1, 0.15) is 206 Å². The highest BCUT2D eigenvalue weighted by atomic mass is 31.2. The van der Waals surface area contributed by atoms with Gasteiger partial charge in [-0.25, -0.2) is 0 Å². The van der Waals surface area contributed by atoms with Crippen molar-refractivity contribution in [2.75, 3.05) is 40.9 Å². The highest BCUT2D eigenvalue weighted by Gasteiger charge is 2.23. The fourth-order valence-corrected chi connectivity index (χ4v) is 7.45. The molecule has 3 atom stereocenters. The van der Waals surface area contributed by atoms with E-state index in [1.54, 1.807) is 6.08 Å². The minimum Gasteiger partial charge on any atom is -0.756 e. The standard InChI is InChI=1S/C51H95N2O6P/c1-6-8-10-12-14-16-18-20-22-23-24-25-26-27-28-29-30-31-32-34-36-38-40-42-44-50(54)49(48-59-60(56,57)58-47-46-53(3,4)5)52-51(55)45-43-41-39-37-35-33-21-19-17-15-13-11-9-7-2/h13,15,19,21,29-30,34,36,42,44,49-50,54H,6-12,14,16-18,20,22-28,31-33,35,37-41,43,45-48H2,1-5H3,(H-,52,55,56,57)/b15-13-,21-19-,30-29+,36-34+,44-42+. The van der Waals surface area contributed by atoms with E-state index in [2.05, 4.69) is 67.8 Å². The van der Waals surface area contributed by atoms with Crippen LogP contribution in [0.4, 0.5) is 0 Å². The molecule has 0 aromatic heterocycles. The molecule has 0 aliphatic heterocycles. The number of rotatable bonds is 44. The normalized spacial score (nSPS) is 14.7. The van der Waals surface area contributed by atoms with E-state index in [4.69, 9.17) is 9.05 Å². The summed E-state index contributed by atoms with van der Waals surface area (Å²) in [6.45, 7) is 4.56. The van der Waals surface area contributed by atoms with Crippen LogP contribution in [0.5, 0.6) is 0 Å². The molecule has 0 aliphatic carbocycles. The number of likely N-dealkylation sites (N-methyl/N-ethyl adjacent to an activating group) is 1. The van der Waals surface area contributed by atoms with Crippen LogP contribution in [0.2, 0.25) is 0 Å². The van der Waals surface area contributed by atoms with Crippen molar-refractivity contribution >= 4 is 13.7 Å². The van der Waals surface area contributed by atoms with Crippen LogP contribution in [0, 0.1) is 0 Å². The number of quaternary nitrogens is 1. The second kappa shape index (κ2) is 42.5. The molecule has 0 fully saturated rings. The summed E-state index contributed by atoms with van der Waals surface area (Å²) < 4.78 is 23.2. The third kappa shape index (κ3) is 44.3. The van der Waals surface area contributed by atoms with Gasteiger partial charge in [0.15, 0.2) is 0 Å². The summed E-state index contributed by atoms with van der Waals surface area (Å²) in [5.41, 5.74) is 0. The fraction of sp³-hybridized carbons (Fsp3) is 0.784. The fourth-order valence-electron chi connectivity index (χ4n) is 6.73. The largest absolute Gasteiger partial charge is 0.756 e. The Balaban J connectivity index is 4.41. The van der Waals surface area contributed by atoms with Crippen molar-refractivity contribution in [2.45, 2.75) is 219 Å². The molecule has 0 heterocycles. The molecular weight excluding hydrogens is 768 g/mol. The average molecular weight is 863 g/mol. The molecule has 0 spiro atoms. The maximum absolute atomic E-state index is 12.9. The van der Waals surface area contributed by atoms with Gasteiger partial charge in [0.25, 0.3) is 7.82 Å². The number of nitrogens with one attached hydrogen (secondary N) is 1. The summed E-state index contributed by atoms with van der Waals surface area (Å²) in [6.07, 6.45) is 55.7. The molecule has 3 unspecified atom stereocenters. The second-order valence-corrected chi connectivity index (χ2v) is 19.2. The molecule has 0 saturated heterocycles. The SMILES string of the molecule is CCCC/C=C\C/C=C\CCCCCCCC(=O)NC(COP(=O)([O-])OCC[N+](C)(C)C)C(O)/C=C/CC/C=C/CC/C=C/CCCCCCCCCCCCCCCC. The van der Waals surface area contributed by atoms with Crippen LogP contribution in [-0.4, -0.2) is 68.5 Å². The Labute approximate surface area is 371 Å². The average Bonchev–Trinajstić information content (AvgIpc) is 3.20. The van der Waals surface area contributed by atoms with Gasteiger partial charge in [0.05, 0.1) is 39.9 Å². The first-order valence-electron chi connectivity index (χ1n) is 24.7. The third-order valence-electron chi connectivity index (χ3n) is 10.7. The predicted octanol–water partition coefficient (Wildman–Crippen LogP) is 13.6. The number of hydrogen-bond donors (Lipinski definition) is 2. The Hall–Kier alpha value is -1.80. The lowest BCUT2D eigenvalue weighted by atomic mass is 10.0. The van der Waals surface area contributed by atoms with Crippen molar-refractivity contribution < 1.29 is 32.9 Å². The number of nitrogens with zero attached hydrogens (tertiary/aromatic N) is 1. The molecular formula is C51H95N2O6P. The predicted molar refractivity (Wildman–Crippen MR) is 256 cm³/mol. The topological polar surface area (TPSA) is 108 Å². The number of phosphoric acid groups is 1. The molecule has 9 heteroatoms. The van der Waals surface area contributed by atoms with Crippen molar-refractivity contribution in [1.29, 1.82) is 0 Å². The molecule has 1 amide bonds. The molecule has 0 aliphatic rings. The first-order chi connectivity index (χ1) is 29.0. The molecule has 0 rings (SSSR count). The van der Waals surface area contributed by atoms with Gasteiger partial charge >= 0.3 is 0 Å². The third-order valence-corrected chi connectivity index (χ3v) is 11.6. The number of carbonyl (C=O) groups is 1. The van der Waals surface area contributed by atoms with Crippen LogP contribution in [0.3, 0.4) is 0 Å². The zero-order valence-electron chi connectivity index (χ0n) is 39.6. The van der Waals surface area contributed by atoms with Gasteiger partial charge in [0.2, 0.25) is 5.91 Å². The van der Waals surface area contributed by atoms with Crippen molar-refractivity contribution in [1.82, 2.24) is 5.32 Å². The number of carbonyl (C=O) groups excluding carboxylic acids is 1. The van der Waals surface area contributed by atoms with Gasteiger partial charge in [-0.1, -0.05) is 190 Å². The van der Waals surface area contributed by atoms with E-state index in [0.717, 1.165) is 70.6 Å². The van der Waals surface area contributed by atoms with Gasteiger partial charge in [-0.2, -0.15) is 0 Å². The zero-order chi connectivity index (χ0) is 44.3. The first-order valence-corrected chi connectivity index (χ1v) is 26.1. The summed E-state index contributed by atoms with van der Waals surface area (Å²) in [5, 5.41) is 13.8. The number of hydrogen-bond acceptors (Lipinski definition) is 6. The van der Waals surface area contributed by atoms with E-state index in [1.807, 2.05) is 27.2 Å². The molecule has 0 aromatic rings. The maximum Gasteiger partial charge on any atom is 0.268 e. The van der Waals surface area contributed by atoms with E-state index < -0.39 is 26.6 Å². The van der Waals surface area contributed by atoms with Crippen molar-refractivity contribution in [2.24, 2.45) is 0 Å². The van der Waals surface area contributed by atoms with Gasteiger partial charge in [0.1, 0.15) is 13.2 Å². The number of unbranched alkanes of at least 4 members (excludes halogenated alkanes) is 23. The Bertz CT molecular complexity index is 1160. The number of aliphatic hydroxyl groups excluding tert-OH is 1. The van der Waals surface area contributed by atoms with E-state index in [-0.39, 0.29) is 12.5 Å². The van der Waals surface area contributed by atoms with Crippen LogP contribution in [0.25, 0.3) is 0 Å². The Morgan fingerprint density at radius 1 is 0.583 bits per heavy atom. The van der Waals surface area contributed by atoms with E-state index >= 15 is 0 Å². The Morgan fingerprint density at radius 3 is 1.50 bits per heavy atom. The van der Waals surface area contributed by atoms with E-state index in [9.17, 15) is 19.4 Å². The van der Waals surface area contributed by atoms with Crippen LogP contribution in [-0.2, 0) is 18.4 Å². The van der Waals surface area contributed by atoms with E-state index in [0.29, 0.717) is 17.4 Å². The molecule has 8 nitrogen and oxygen atoms in total. The van der Waals surface area contributed by atoms with Crippen LogP contribution < -0.4 is 10.2 Å². The molecule has 0 bridgehead atoms. The smallest absolute Gasteiger partial charge is 0.268 e. The molecule has 60 heavy (non-hydrogen) atoms. The molecule has 0 saturated carbocycles. The zero-order valence-corrected chi connectivity index (χ0v) is 40.5. The lowest BCUT2D eigenvalue weighted by Gasteiger charge is -2.29. The quantitative estimate of drug-likeness (QED) is 0.0273. The number of phosphoric ester groups is 1. The lowest BCUT2D eigenvalue weighted by molar-refractivity contribution is -0.870. The van der Waals surface area contributed by atoms with Crippen LogP contribution >= 0.6 is 7.82 Å². The highest BCUT2D eigenvalue weighted by Crippen LogP contribution is 2.38. The second-order valence-electron chi connectivity index (χ2n) is 17.8. The number of amides is 1. The van der Waals surface area contributed by atoms with Gasteiger partial charge in [-0.3, -0.25) is 9.36 Å². The molecule has 2 N–H and O–H groups in total. The molecule has 0 radical (unpaired) electrons.